The Labute approximate surface area is 125 Å². The number of hydrogen-bond acceptors (Lipinski definition) is 5. The van der Waals surface area contributed by atoms with Crippen molar-refractivity contribution in [2.24, 2.45) is 0 Å². The van der Waals surface area contributed by atoms with Crippen molar-refractivity contribution >= 4 is 5.97 Å². The Bertz CT molecular complexity index is 812. The molecule has 1 aromatic carbocycles. The molecule has 0 amide bonds. The highest BCUT2D eigenvalue weighted by molar-refractivity contribution is 5.95. The molecular formula is C16H11FN2O3. The Balaban J connectivity index is 2.01. The molecule has 2 aromatic heterocycles. The van der Waals surface area contributed by atoms with Crippen molar-refractivity contribution in [2.45, 2.75) is 0 Å². The monoisotopic (exact) mass is 298 g/mol. The lowest BCUT2D eigenvalue weighted by atomic mass is 10.1. The molecule has 3 rings (SSSR count). The molecule has 110 valence electrons. The summed E-state index contributed by atoms with van der Waals surface area (Å²) in [4.78, 5) is 20.1. The maximum absolute atomic E-state index is 12.9. The van der Waals surface area contributed by atoms with Crippen molar-refractivity contribution in [3.63, 3.8) is 0 Å². The average molecular weight is 298 g/mol. The van der Waals surface area contributed by atoms with Crippen LogP contribution in [0.15, 0.2) is 53.4 Å². The SMILES string of the molecule is COC(=O)c1ccncc1-c1nc(-c2ccc(F)cc2)co1. The summed E-state index contributed by atoms with van der Waals surface area (Å²) in [7, 11) is 1.30. The molecule has 0 aliphatic rings. The van der Waals surface area contributed by atoms with Gasteiger partial charge in [-0.1, -0.05) is 0 Å². The quantitative estimate of drug-likeness (QED) is 0.694. The van der Waals surface area contributed by atoms with E-state index in [4.69, 9.17) is 9.15 Å². The zero-order valence-corrected chi connectivity index (χ0v) is 11.6. The second-order valence-corrected chi connectivity index (χ2v) is 4.46. The molecule has 0 bridgehead atoms. The predicted molar refractivity (Wildman–Crippen MR) is 76.5 cm³/mol. The third-order valence-electron chi connectivity index (χ3n) is 3.10. The number of hydrogen-bond donors (Lipinski definition) is 0. The van der Waals surface area contributed by atoms with Crippen LogP contribution in [0.1, 0.15) is 10.4 Å². The van der Waals surface area contributed by atoms with Gasteiger partial charge in [-0.2, -0.15) is 0 Å². The molecule has 0 saturated carbocycles. The van der Waals surface area contributed by atoms with Gasteiger partial charge in [-0.15, -0.1) is 0 Å². The number of rotatable bonds is 3. The first-order valence-corrected chi connectivity index (χ1v) is 6.43. The molecular weight excluding hydrogens is 287 g/mol. The van der Waals surface area contributed by atoms with E-state index in [0.29, 0.717) is 22.4 Å². The molecule has 0 N–H and O–H groups in total. The first kappa shape index (κ1) is 13.9. The number of esters is 1. The number of oxazole rings is 1. The largest absolute Gasteiger partial charge is 0.465 e. The number of nitrogens with zero attached hydrogens (tertiary/aromatic N) is 2. The van der Waals surface area contributed by atoms with Crippen molar-refractivity contribution < 1.29 is 18.3 Å². The van der Waals surface area contributed by atoms with Crippen LogP contribution < -0.4 is 0 Å². The van der Waals surface area contributed by atoms with Crippen molar-refractivity contribution in [2.75, 3.05) is 7.11 Å². The molecule has 3 aromatic rings. The summed E-state index contributed by atoms with van der Waals surface area (Å²) in [6, 6.07) is 7.41. The Kier molecular flexibility index (Phi) is 3.65. The molecule has 0 radical (unpaired) electrons. The van der Waals surface area contributed by atoms with E-state index in [1.165, 1.54) is 44.0 Å². The topological polar surface area (TPSA) is 65.2 Å². The van der Waals surface area contributed by atoms with Crippen LogP contribution in [0.3, 0.4) is 0 Å². The minimum Gasteiger partial charge on any atom is -0.465 e. The lowest BCUT2D eigenvalue weighted by Gasteiger charge is -2.03. The van der Waals surface area contributed by atoms with Gasteiger partial charge in [-0.25, -0.2) is 14.2 Å². The van der Waals surface area contributed by atoms with E-state index >= 15 is 0 Å². The van der Waals surface area contributed by atoms with E-state index in [1.807, 2.05) is 0 Å². The second-order valence-electron chi connectivity index (χ2n) is 4.46. The van der Waals surface area contributed by atoms with E-state index in [0.717, 1.165) is 0 Å². The van der Waals surface area contributed by atoms with Crippen LogP contribution >= 0.6 is 0 Å². The molecule has 0 spiro atoms. The van der Waals surface area contributed by atoms with Gasteiger partial charge < -0.3 is 9.15 Å². The third kappa shape index (κ3) is 2.58. The third-order valence-corrected chi connectivity index (χ3v) is 3.10. The van der Waals surface area contributed by atoms with Crippen molar-refractivity contribution in [1.29, 1.82) is 0 Å². The number of ether oxygens (including phenoxy) is 1. The van der Waals surface area contributed by atoms with E-state index in [2.05, 4.69) is 9.97 Å². The lowest BCUT2D eigenvalue weighted by molar-refractivity contribution is 0.0601. The van der Waals surface area contributed by atoms with Gasteiger partial charge in [0.25, 0.3) is 0 Å². The number of pyridine rings is 1. The van der Waals surface area contributed by atoms with Gasteiger partial charge in [0, 0.05) is 18.0 Å². The highest BCUT2D eigenvalue weighted by Gasteiger charge is 2.17. The minimum absolute atomic E-state index is 0.243. The molecule has 0 aliphatic carbocycles. The van der Waals surface area contributed by atoms with Gasteiger partial charge in [0.05, 0.1) is 18.2 Å². The molecule has 0 fully saturated rings. The highest BCUT2D eigenvalue weighted by Crippen LogP contribution is 2.27. The fourth-order valence-corrected chi connectivity index (χ4v) is 2.00. The zero-order valence-electron chi connectivity index (χ0n) is 11.6. The molecule has 5 nitrogen and oxygen atoms in total. The van der Waals surface area contributed by atoms with Crippen LogP contribution in [0.4, 0.5) is 4.39 Å². The number of aromatic nitrogens is 2. The Morgan fingerprint density at radius 3 is 2.73 bits per heavy atom. The second kappa shape index (κ2) is 5.77. The van der Waals surface area contributed by atoms with Crippen LogP contribution in [0.2, 0.25) is 0 Å². The van der Waals surface area contributed by atoms with Crippen LogP contribution in [0, 0.1) is 5.82 Å². The summed E-state index contributed by atoms with van der Waals surface area (Å²) < 4.78 is 23.1. The van der Waals surface area contributed by atoms with Crippen LogP contribution in [-0.2, 0) is 4.74 Å². The molecule has 6 heteroatoms. The van der Waals surface area contributed by atoms with Crippen LogP contribution in [0.25, 0.3) is 22.7 Å². The zero-order chi connectivity index (χ0) is 15.5. The van der Waals surface area contributed by atoms with Crippen molar-refractivity contribution in [3.05, 3.63) is 60.4 Å². The normalized spacial score (nSPS) is 10.5. The number of halogens is 1. The Morgan fingerprint density at radius 2 is 2.00 bits per heavy atom. The summed E-state index contributed by atoms with van der Waals surface area (Å²) in [5.74, 6) is -0.584. The first-order valence-electron chi connectivity index (χ1n) is 6.43. The Morgan fingerprint density at radius 1 is 1.23 bits per heavy atom. The fraction of sp³-hybridized carbons (Fsp3) is 0.0625. The number of methoxy groups -OCH3 is 1. The molecule has 2 heterocycles. The maximum atomic E-state index is 12.9. The summed E-state index contributed by atoms with van der Waals surface area (Å²) in [5, 5.41) is 0. The molecule has 0 atom stereocenters. The smallest absolute Gasteiger partial charge is 0.338 e. The molecule has 22 heavy (non-hydrogen) atoms. The van der Waals surface area contributed by atoms with E-state index in [-0.39, 0.29) is 11.7 Å². The summed E-state index contributed by atoms with van der Waals surface area (Å²) in [6.45, 7) is 0. The van der Waals surface area contributed by atoms with Gasteiger partial charge in [-0.3, -0.25) is 4.98 Å². The van der Waals surface area contributed by atoms with Gasteiger partial charge >= 0.3 is 5.97 Å². The van der Waals surface area contributed by atoms with E-state index in [1.54, 1.807) is 12.1 Å². The lowest BCUT2D eigenvalue weighted by Crippen LogP contribution is -2.03. The highest BCUT2D eigenvalue weighted by atomic mass is 19.1. The molecule has 0 saturated heterocycles. The fourth-order valence-electron chi connectivity index (χ4n) is 2.00. The van der Waals surface area contributed by atoms with Gasteiger partial charge in [0.15, 0.2) is 0 Å². The van der Waals surface area contributed by atoms with Crippen molar-refractivity contribution in [3.8, 4) is 22.7 Å². The van der Waals surface area contributed by atoms with Gasteiger partial charge in [0.1, 0.15) is 17.8 Å². The average Bonchev–Trinajstić information content (AvgIpc) is 3.04. The standard InChI is InChI=1S/C16H11FN2O3/c1-21-16(20)12-6-7-18-8-13(12)15-19-14(9-22-15)10-2-4-11(17)5-3-10/h2-9H,1H3. The molecule has 0 unspecified atom stereocenters. The maximum Gasteiger partial charge on any atom is 0.338 e. The molecule has 0 aliphatic heterocycles. The predicted octanol–water partition coefficient (Wildman–Crippen LogP) is 3.33. The van der Waals surface area contributed by atoms with E-state index < -0.39 is 5.97 Å². The Hall–Kier alpha value is -3.02. The van der Waals surface area contributed by atoms with E-state index in [9.17, 15) is 9.18 Å². The van der Waals surface area contributed by atoms with Gasteiger partial charge in [-0.05, 0) is 30.3 Å². The summed E-state index contributed by atoms with van der Waals surface area (Å²) in [5.41, 5.74) is 1.99. The van der Waals surface area contributed by atoms with Crippen LogP contribution in [0.5, 0.6) is 0 Å². The first-order chi connectivity index (χ1) is 10.7. The summed E-state index contributed by atoms with van der Waals surface area (Å²) >= 11 is 0. The number of carbonyl (C=O) groups excluding carboxylic acids is 1. The van der Waals surface area contributed by atoms with Crippen LogP contribution in [-0.4, -0.2) is 23.0 Å². The number of benzene rings is 1. The number of carbonyl (C=O) groups is 1. The van der Waals surface area contributed by atoms with Crippen molar-refractivity contribution in [1.82, 2.24) is 9.97 Å². The van der Waals surface area contributed by atoms with Gasteiger partial charge in [0.2, 0.25) is 5.89 Å². The summed E-state index contributed by atoms with van der Waals surface area (Å²) in [6.07, 6.45) is 4.41. The minimum atomic E-state index is -0.501.